The maximum absolute atomic E-state index is 13.6. The van der Waals surface area contributed by atoms with Gasteiger partial charge in [0.25, 0.3) is 0 Å². The predicted octanol–water partition coefficient (Wildman–Crippen LogP) is 16.3. The lowest BCUT2D eigenvalue weighted by Gasteiger charge is -2.34. The van der Waals surface area contributed by atoms with Crippen LogP contribution in [0.25, 0.3) is 22.3 Å². The second kappa shape index (κ2) is 20.5. The summed E-state index contributed by atoms with van der Waals surface area (Å²) in [5.74, 6) is 1.02. The first-order chi connectivity index (χ1) is 32.1. The van der Waals surface area contributed by atoms with Crippen LogP contribution < -0.4 is 9.64 Å². The van der Waals surface area contributed by atoms with E-state index < -0.39 is 11.9 Å². The normalized spacial score (nSPS) is 13.6. The molecular formula is C60H61NO5. The van der Waals surface area contributed by atoms with Crippen LogP contribution >= 0.6 is 0 Å². The number of rotatable bonds is 17. The highest BCUT2D eigenvalue weighted by molar-refractivity contribution is 5.96. The molecule has 336 valence electrons. The quantitative estimate of drug-likeness (QED) is 0.0849. The Balaban J connectivity index is 1.23. The summed E-state index contributed by atoms with van der Waals surface area (Å²) in [6.45, 7) is 14.1. The summed E-state index contributed by atoms with van der Waals surface area (Å²) in [5.41, 5.74) is 12.0. The number of carbonyl (C=O) groups excluding carboxylic acids is 2. The zero-order chi connectivity index (χ0) is 46.2. The fraction of sp³-hybridized carbons (Fsp3) is 0.267. The third-order valence-electron chi connectivity index (χ3n) is 13.6. The summed E-state index contributed by atoms with van der Waals surface area (Å²) in [7, 11) is 0. The van der Waals surface area contributed by atoms with Crippen LogP contribution in [0.5, 0.6) is 11.5 Å². The minimum Gasteiger partial charge on any atom is -0.457 e. The number of benzene rings is 7. The number of nitrogens with zero attached hydrogens (tertiary/aromatic N) is 1. The van der Waals surface area contributed by atoms with Gasteiger partial charge in [-0.25, -0.2) is 9.59 Å². The minimum atomic E-state index is -0.464. The van der Waals surface area contributed by atoms with Gasteiger partial charge in [-0.2, -0.15) is 0 Å². The largest absolute Gasteiger partial charge is 0.457 e. The van der Waals surface area contributed by atoms with E-state index in [0.29, 0.717) is 34.5 Å². The fourth-order valence-corrected chi connectivity index (χ4v) is 9.18. The molecule has 1 aliphatic rings. The van der Waals surface area contributed by atoms with Crippen LogP contribution in [0.15, 0.2) is 164 Å². The molecule has 7 aromatic rings. The lowest BCUT2D eigenvalue weighted by molar-refractivity contribution is 0.0464. The fourth-order valence-electron chi connectivity index (χ4n) is 9.18. The number of fused-ring (bicyclic) bond motifs is 2. The predicted molar refractivity (Wildman–Crippen MR) is 268 cm³/mol. The van der Waals surface area contributed by atoms with Crippen molar-refractivity contribution in [3.05, 3.63) is 197 Å². The Hall–Kier alpha value is -6.92. The molecule has 6 nitrogen and oxygen atoms in total. The number of esters is 2. The summed E-state index contributed by atoms with van der Waals surface area (Å²) in [5, 5.41) is 0. The molecule has 1 unspecified atom stereocenters. The second-order valence-corrected chi connectivity index (χ2v) is 18.1. The van der Waals surface area contributed by atoms with Gasteiger partial charge in [-0.3, -0.25) is 0 Å². The van der Waals surface area contributed by atoms with Crippen molar-refractivity contribution < 1.29 is 23.8 Å². The molecule has 0 saturated heterocycles. The third kappa shape index (κ3) is 10.1. The monoisotopic (exact) mass is 875 g/mol. The van der Waals surface area contributed by atoms with E-state index in [4.69, 9.17) is 14.2 Å². The molecule has 1 heterocycles. The maximum Gasteiger partial charge on any atom is 0.338 e. The molecular weight excluding hydrogens is 815 g/mol. The highest BCUT2D eigenvalue weighted by Crippen LogP contribution is 2.52. The van der Waals surface area contributed by atoms with Crippen molar-refractivity contribution in [1.82, 2.24) is 0 Å². The van der Waals surface area contributed by atoms with Gasteiger partial charge in [0.2, 0.25) is 0 Å². The topological polar surface area (TPSA) is 65.1 Å². The van der Waals surface area contributed by atoms with Gasteiger partial charge in [0.1, 0.15) is 13.2 Å². The molecule has 0 spiro atoms. The van der Waals surface area contributed by atoms with E-state index >= 15 is 0 Å². The number of carbonyl (C=O) groups is 2. The molecule has 0 aromatic heterocycles. The zero-order valence-electron chi connectivity index (χ0n) is 39.2. The van der Waals surface area contributed by atoms with Crippen LogP contribution in [0.2, 0.25) is 0 Å². The van der Waals surface area contributed by atoms with Crippen LogP contribution in [0.4, 0.5) is 17.1 Å². The molecule has 8 rings (SSSR count). The number of hydrogen-bond acceptors (Lipinski definition) is 6. The van der Waals surface area contributed by atoms with Gasteiger partial charge < -0.3 is 19.1 Å². The highest BCUT2D eigenvalue weighted by atomic mass is 16.5. The summed E-state index contributed by atoms with van der Waals surface area (Å²) >= 11 is 0. The molecule has 7 aromatic carbocycles. The molecule has 0 N–H and O–H groups in total. The Kier molecular flexibility index (Phi) is 14.2. The van der Waals surface area contributed by atoms with E-state index in [1.165, 1.54) is 24.0 Å². The van der Waals surface area contributed by atoms with Crippen molar-refractivity contribution in [2.45, 2.75) is 98.2 Å². The van der Waals surface area contributed by atoms with Crippen LogP contribution in [-0.4, -0.2) is 11.9 Å². The van der Waals surface area contributed by atoms with Crippen molar-refractivity contribution >= 4 is 29.0 Å². The average Bonchev–Trinajstić information content (AvgIpc) is 3.36. The van der Waals surface area contributed by atoms with Gasteiger partial charge in [-0.05, 0) is 129 Å². The summed E-state index contributed by atoms with van der Waals surface area (Å²) in [4.78, 5) is 29.3. The third-order valence-corrected chi connectivity index (χ3v) is 13.6. The smallest absolute Gasteiger partial charge is 0.338 e. The average molecular weight is 876 g/mol. The molecule has 1 aliphatic heterocycles. The summed E-state index contributed by atoms with van der Waals surface area (Å²) < 4.78 is 18.2. The first-order valence-electron chi connectivity index (χ1n) is 23.6. The molecule has 6 heteroatoms. The van der Waals surface area contributed by atoms with Gasteiger partial charge in [0.05, 0.1) is 22.5 Å². The molecule has 0 aliphatic carbocycles. The van der Waals surface area contributed by atoms with E-state index in [1.807, 2.05) is 72.8 Å². The SMILES string of the molecule is CCC[C@H](C)[C@H](C)c1ccc(-c2cc(-c3ccc(C(C)(CC)CCC)cc3)cc(N3c4ccc(C(=O)OCc5ccccc5)cc4Oc4cc(C(=O)OCc5ccccc5)ccc43)c2)cc1. The van der Waals surface area contributed by atoms with E-state index in [0.717, 1.165) is 69.7 Å². The van der Waals surface area contributed by atoms with Crippen molar-refractivity contribution in [3.63, 3.8) is 0 Å². The Morgan fingerprint density at radius 3 is 1.55 bits per heavy atom. The first kappa shape index (κ1) is 45.6. The maximum atomic E-state index is 13.6. The van der Waals surface area contributed by atoms with E-state index in [9.17, 15) is 9.59 Å². The number of ether oxygens (including phenoxy) is 3. The minimum absolute atomic E-state index is 0.106. The Labute approximate surface area is 391 Å². The van der Waals surface area contributed by atoms with E-state index in [2.05, 4.69) is 113 Å². The second-order valence-electron chi connectivity index (χ2n) is 18.1. The standard InChI is InChI=1S/C60H61NO5/c1-7-16-41(4)42(5)45-21-23-46(24-22-45)50-34-51(47-25-29-52(30-26-47)60(6,9-3)33-8-2)36-53(35-50)61-54-31-27-48(58(62)64-39-43-17-12-10-13-18-43)37-56(54)66-57-38-49(28-32-55(57)61)59(63)65-40-44-19-14-11-15-20-44/h10-15,17-32,34-38,41-42H,7-9,16,33,39-40H2,1-6H3/t41-,42-,60?/m0/s1. The van der Waals surface area contributed by atoms with Gasteiger partial charge in [-0.15, -0.1) is 0 Å². The van der Waals surface area contributed by atoms with Gasteiger partial charge in [0, 0.05) is 5.69 Å². The Bertz CT molecular complexity index is 2660. The van der Waals surface area contributed by atoms with Gasteiger partial charge >= 0.3 is 11.9 Å². The Morgan fingerprint density at radius 1 is 0.576 bits per heavy atom. The Morgan fingerprint density at radius 2 is 1.08 bits per heavy atom. The molecule has 0 fully saturated rings. The van der Waals surface area contributed by atoms with Crippen LogP contribution in [-0.2, 0) is 28.1 Å². The summed E-state index contributed by atoms with van der Waals surface area (Å²) in [6.07, 6.45) is 5.69. The lowest BCUT2D eigenvalue weighted by atomic mass is 9.76. The van der Waals surface area contributed by atoms with Crippen LogP contribution in [0, 0.1) is 5.92 Å². The van der Waals surface area contributed by atoms with Crippen molar-refractivity contribution in [1.29, 1.82) is 0 Å². The summed E-state index contributed by atoms with van der Waals surface area (Å²) in [6, 6.07) is 54.9. The molecule has 66 heavy (non-hydrogen) atoms. The van der Waals surface area contributed by atoms with E-state index in [1.54, 1.807) is 24.3 Å². The van der Waals surface area contributed by atoms with Crippen molar-refractivity contribution in [2.75, 3.05) is 4.90 Å². The number of hydrogen-bond donors (Lipinski definition) is 0. The van der Waals surface area contributed by atoms with Gasteiger partial charge in [-0.1, -0.05) is 170 Å². The van der Waals surface area contributed by atoms with E-state index in [-0.39, 0.29) is 18.6 Å². The van der Waals surface area contributed by atoms with Crippen molar-refractivity contribution in [3.8, 4) is 33.8 Å². The number of anilines is 3. The highest BCUT2D eigenvalue weighted by Gasteiger charge is 2.30. The molecule has 0 saturated carbocycles. The molecule has 0 amide bonds. The van der Waals surface area contributed by atoms with Crippen LogP contribution in [0.1, 0.15) is 123 Å². The molecule has 0 bridgehead atoms. The van der Waals surface area contributed by atoms with Crippen molar-refractivity contribution in [2.24, 2.45) is 5.92 Å². The van der Waals surface area contributed by atoms with Gasteiger partial charge in [0.15, 0.2) is 11.5 Å². The molecule has 0 radical (unpaired) electrons. The first-order valence-corrected chi connectivity index (χ1v) is 23.6. The molecule has 3 atom stereocenters. The zero-order valence-corrected chi connectivity index (χ0v) is 39.2. The lowest BCUT2D eigenvalue weighted by Crippen LogP contribution is -2.20. The van der Waals surface area contributed by atoms with Crippen LogP contribution in [0.3, 0.4) is 0 Å².